The van der Waals surface area contributed by atoms with Gasteiger partial charge in [0.25, 0.3) is 5.91 Å². The van der Waals surface area contributed by atoms with Gasteiger partial charge in [0.1, 0.15) is 11.6 Å². The van der Waals surface area contributed by atoms with E-state index in [2.05, 4.69) is 5.16 Å². The van der Waals surface area contributed by atoms with Crippen LogP contribution in [0.4, 0.5) is 10.1 Å². The second kappa shape index (κ2) is 5.94. The number of methoxy groups -OCH3 is 1. The lowest BCUT2D eigenvalue weighted by Gasteiger charge is -2.19. The molecule has 0 saturated carbocycles. The molecule has 2 aromatic carbocycles. The van der Waals surface area contributed by atoms with Gasteiger partial charge in [0, 0.05) is 6.42 Å². The van der Waals surface area contributed by atoms with Crippen LogP contribution in [0.3, 0.4) is 0 Å². The topological polar surface area (TPSA) is 68.2 Å². The number of nitrogens with zero attached hydrogens (tertiary/aromatic N) is 2. The number of anilines is 1. The van der Waals surface area contributed by atoms with E-state index in [4.69, 9.17) is 9.57 Å². The number of imide groups is 1. The van der Waals surface area contributed by atoms with Crippen molar-refractivity contribution in [1.82, 2.24) is 0 Å². The molecule has 1 atom stereocenters. The SMILES string of the molecule is COc1ccc(N2C(=O)C[C@]3(CC(c4ccc(F)cc4)=NO3)C2=O)cc1. The summed E-state index contributed by atoms with van der Waals surface area (Å²) in [6.07, 6.45) is 0.0713. The first-order valence-electron chi connectivity index (χ1n) is 8.05. The van der Waals surface area contributed by atoms with E-state index in [1.165, 1.54) is 19.2 Å². The third-order valence-corrected chi connectivity index (χ3v) is 4.57. The molecule has 1 saturated heterocycles. The van der Waals surface area contributed by atoms with Crippen molar-refractivity contribution in [2.45, 2.75) is 18.4 Å². The fourth-order valence-corrected chi connectivity index (χ4v) is 3.19. The molecule has 1 spiro atoms. The van der Waals surface area contributed by atoms with E-state index in [0.29, 0.717) is 22.7 Å². The Labute approximate surface area is 148 Å². The Balaban J connectivity index is 1.58. The van der Waals surface area contributed by atoms with Crippen LogP contribution in [-0.2, 0) is 14.4 Å². The summed E-state index contributed by atoms with van der Waals surface area (Å²) >= 11 is 0. The molecule has 2 aliphatic rings. The van der Waals surface area contributed by atoms with Crippen LogP contribution in [0.2, 0.25) is 0 Å². The molecule has 2 heterocycles. The number of amides is 2. The molecule has 132 valence electrons. The highest BCUT2D eigenvalue weighted by Crippen LogP contribution is 2.39. The summed E-state index contributed by atoms with van der Waals surface area (Å²) in [7, 11) is 1.54. The predicted molar refractivity (Wildman–Crippen MR) is 91.5 cm³/mol. The van der Waals surface area contributed by atoms with Crippen molar-refractivity contribution in [1.29, 1.82) is 0 Å². The number of hydrogen-bond acceptors (Lipinski definition) is 5. The van der Waals surface area contributed by atoms with Gasteiger partial charge in [-0.15, -0.1) is 0 Å². The zero-order valence-corrected chi connectivity index (χ0v) is 13.9. The first-order chi connectivity index (χ1) is 12.5. The van der Waals surface area contributed by atoms with Gasteiger partial charge in [-0.1, -0.05) is 17.3 Å². The van der Waals surface area contributed by atoms with Crippen LogP contribution in [0, 0.1) is 5.82 Å². The van der Waals surface area contributed by atoms with Crippen LogP contribution < -0.4 is 9.64 Å². The molecule has 2 aliphatic heterocycles. The maximum absolute atomic E-state index is 13.1. The van der Waals surface area contributed by atoms with E-state index in [1.54, 1.807) is 36.4 Å². The molecule has 2 amide bonds. The minimum Gasteiger partial charge on any atom is -0.497 e. The summed E-state index contributed by atoms with van der Waals surface area (Å²) in [5.74, 6) is -0.536. The van der Waals surface area contributed by atoms with Crippen LogP contribution in [0.1, 0.15) is 18.4 Å². The summed E-state index contributed by atoms with van der Waals surface area (Å²) in [6, 6.07) is 12.4. The first-order valence-corrected chi connectivity index (χ1v) is 8.05. The molecule has 0 unspecified atom stereocenters. The van der Waals surface area contributed by atoms with Crippen molar-refractivity contribution < 1.29 is 23.6 Å². The molecule has 6 nitrogen and oxygen atoms in total. The molecular weight excluding hydrogens is 339 g/mol. The van der Waals surface area contributed by atoms with Crippen molar-refractivity contribution in [2.75, 3.05) is 12.0 Å². The van der Waals surface area contributed by atoms with Crippen molar-refractivity contribution >= 4 is 23.2 Å². The van der Waals surface area contributed by atoms with Crippen molar-refractivity contribution in [3.63, 3.8) is 0 Å². The number of benzene rings is 2. The summed E-state index contributed by atoms with van der Waals surface area (Å²) in [5, 5.41) is 3.99. The lowest BCUT2D eigenvalue weighted by Crippen LogP contribution is -2.40. The number of oxime groups is 1. The normalized spacial score (nSPS) is 21.9. The van der Waals surface area contributed by atoms with E-state index in [0.717, 1.165) is 4.90 Å². The number of ether oxygens (including phenoxy) is 1. The lowest BCUT2D eigenvalue weighted by atomic mass is 9.92. The average Bonchev–Trinajstić information content (AvgIpc) is 3.18. The van der Waals surface area contributed by atoms with Gasteiger partial charge in [-0.3, -0.25) is 9.59 Å². The summed E-state index contributed by atoms with van der Waals surface area (Å²) in [4.78, 5) is 32.0. The first kappa shape index (κ1) is 16.3. The fraction of sp³-hybridized carbons (Fsp3) is 0.211. The minimum atomic E-state index is -1.33. The molecule has 2 aromatic rings. The van der Waals surface area contributed by atoms with Crippen LogP contribution in [0.25, 0.3) is 0 Å². The van der Waals surface area contributed by atoms with E-state index in [1.807, 2.05) is 0 Å². The molecule has 26 heavy (non-hydrogen) atoms. The van der Waals surface area contributed by atoms with Gasteiger partial charge in [-0.2, -0.15) is 0 Å². The maximum atomic E-state index is 13.1. The Morgan fingerprint density at radius 1 is 1.08 bits per heavy atom. The standard InChI is InChI=1S/C19H15FN2O4/c1-25-15-8-6-14(7-9-15)22-17(23)11-19(18(22)24)10-16(21-26-19)12-2-4-13(20)5-3-12/h2-9H,10-11H2,1H3/t19-/m1/s1. The Kier molecular flexibility index (Phi) is 3.72. The van der Waals surface area contributed by atoms with Gasteiger partial charge < -0.3 is 9.57 Å². The molecule has 1 fully saturated rings. The Hall–Kier alpha value is -3.22. The second-order valence-electron chi connectivity index (χ2n) is 6.22. The fourth-order valence-electron chi connectivity index (χ4n) is 3.19. The van der Waals surface area contributed by atoms with Crippen LogP contribution in [0.15, 0.2) is 53.7 Å². The van der Waals surface area contributed by atoms with E-state index >= 15 is 0 Å². The van der Waals surface area contributed by atoms with Crippen LogP contribution in [0.5, 0.6) is 5.75 Å². The average molecular weight is 354 g/mol. The maximum Gasteiger partial charge on any atom is 0.281 e. The molecule has 4 rings (SSSR count). The molecular formula is C19H15FN2O4. The third-order valence-electron chi connectivity index (χ3n) is 4.57. The largest absolute Gasteiger partial charge is 0.497 e. The predicted octanol–water partition coefficient (Wildman–Crippen LogP) is 2.66. The number of rotatable bonds is 3. The Morgan fingerprint density at radius 3 is 2.42 bits per heavy atom. The number of halogens is 1. The summed E-state index contributed by atoms with van der Waals surface area (Å²) in [6.45, 7) is 0. The van der Waals surface area contributed by atoms with Gasteiger partial charge in [0.15, 0.2) is 0 Å². The van der Waals surface area contributed by atoms with Gasteiger partial charge >= 0.3 is 0 Å². The zero-order valence-electron chi connectivity index (χ0n) is 13.9. The Morgan fingerprint density at radius 2 is 1.77 bits per heavy atom. The van der Waals surface area contributed by atoms with E-state index in [-0.39, 0.29) is 24.6 Å². The quantitative estimate of drug-likeness (QED) is 0.795. The molecule has 7 heteroatoms. The third kappa shape index (κ3) is 2.52. The Bertz CT molecular complexity index is 908. The van der Waals surface area contributed by atoms with Gasteiger partial charge in [0.05, 0.1) is 24.9 Å². The molecule has 0 aromatic heterocycles. The van der Waals surface area contributed by atoms with Crippen molar-refractivity contribution in [3.05, 3.63) is 59.9 Å². The molecule has 0 aliphatic carbocycles. The summed E-state index contributed by atoms with van der Waals surface area (Å²) in [5.41, 5.74) is 0.298. The van der Waals surface area contributed by atoms with Crippen molar-refractivity contribution in [2.24, 2.45) is 5.16 Å². The summed E-state index contributed by atoms with van der Waals surface area (Å²) < 4.78 is 18.2. The monoisotopic (exact) mass is 354 g/mol. The molecule has 0 radical (unpaired) electrons. The highest BCUT2D eigenvalue weighted by Gasteiger charge is 2.58. The number of carbonyl (C=O) groups is 2. The lowest BCUT2D eigenvalue weighted by molar-refractivity contribution is -0.136. The molecule has 0 N–H and O–H groups in total. The highest BCUT2D eigenvalue weighted by molar-refractivity contribution is 6.25. The molecule has 0 bridgehead atoms. The highest BCUT2D eigenvalue weighted by atomic mass is 19.1. The minimum absolute atomic E-state index is 0.0912. The zero-order chi connectivity index (χ0) is 18.3. The van der Waals surface area contributed by atoms with Crippen molar-refractivity contribution in [3.8, 4) is 5.75 Å². The number of hydrogen-bond donors (Lipinski definition) is 0. The van der Waals surface area contributed by atoms with Gasteiger partial charge in [-0.05, 0) is 42.0 Å². The smallest absolute Gasteiger partial charge is 0.281 e. The number of carbonyl (C=O) groups excluding carboxylic acids is 2. The van der Waals surface area contributed by atoms with Crippen LogP contribution >= 0.6 is 0 Å². The van der Waals surface area contributed by atoms with Crippen LogP contribution in [-0.4, -0.2) is 30.2 Å². The van der Waals surface area contributed by atoms with E-state index in [9.17, 15) is 14.0 Å². The van der Waals surface area contributed by atoms with E-state index < -0.39 is 11.5 Å². The second-order valence-corrected chi connectivity index (χ2v) is 6.22. The van der Waals surface area contributed by atoms with Gasteiger partial charge in [0.2, 0.25) is 11.5 Å². The van der Waals surface area contributed by atoms with Gasteiger partial charge in [-0.25, -0.2) is 9.29 Å².